The third kappa shape index (κ3) is 9.84. The Kier molecular flexibility index (Phi) is 12.7. The van der Waals surface area contributed by atoms with E-state index in [4.69, 9.17) is 20.9 Å². The number of anilines is 2. The van der Waals surface area contributed by atoms with Crippen LogP contribution in [0, 0.1) is 11.8 Å². The summed E-state index contributed by atoms with van der Waals surface area (Å²) in [5.41, 5.74) is -0.0259. The SMILES string of the molecule is CC(C)CCCCCOP(=S)(OCCCCCC(C)C)S[As]1c2ccccc2Nc2ccccc21. The molecule has 0 spiro atoms. The van der Waals surface area contributed by atoms with Gasteiger partial charge in [0, 0.05) is 0 Å². The Labute approximate surface area is 226 Å². The summed E-state index contributed by atoms with van der Waals surface area (Å²) < 4.78 is 15.8. The van der Waals surface area contributed by atoms with Gasteiger partial charge in [-0.2, -0.15) is 0 Å². The molecule has 0 radical (unpaired) electrons. The van der Waals surface area contributed by atoms with Gasteiger partial charge in [0.15, 0.2) is 0 Å². The van der Waals surface area contributed by atoms with Crippen LogP contribution in [0.25, 0.3) is 0 Å². The van der Waals surface area contributed by atoms with E-state index in [0.717, 1.165) is 24.7 Å². The summed E-state index contributed by atoms with van der Waals surface area (Å²) in [5.74, 6) is 1.53. The first-order valence-corrected chi connectivity index (χ1v) is 21.4. The summed E-state index contributed by atoms with van der Waals surface area (Å²) in [6.45, 7) is 10.6. The van der Waals surface area contributed by atoms with Crippen molar-refractivity contribution >= 4 is 60.7 Å². The summed E-state index contributed by atoms with van der Waals surface area (Å²) >= 11 is 4.48. The molecule has 0 unspecified atom stereocenters. The van der Waals surface area contributed by atoms with E-state index in [-0.39, 0.29) is 0 Å². The van der Waals surface area contributed by atoms with Gasteiger partial charge in [-0.15, -0.1) is 0 Å². The molecule has 0 aliphatic carbocycles. The van der Waals surface area contributed by atoms with Crippen molar-refractivity contribution in [3.05, 3.63) is 48.5 Å². The van der Waals surface area contributed by atoms with Crippen molar-refractivity contribution in [2.24, 2.45) is 11.8 Å². The molecule has 1 heterocycles. The second kappa shape index (κ2) is 15.2. The standard InChI is InChI=1S/C28H43AsNO2PS2/c1-23(2)15-7-5-13-21-31-33(34,32-22-14-6-8-16-24(3)4)35-29-25-17-9-11-19-27(25)30-28-20-12-10-18-26(28)29/h9-12,17-20,23-24,30H,5-8,13-16,21-22H2,1-4H3. The van der Waals surface area contributed by atoms with Gasteiger partial charge in [0.1, 0.15) is 0 Å². The molecule has 0 bridgehead atoms. The fourth-order valence-electron chi connectivity index (χ4n) is 4.08. The van der Waals surface area contributed by atoms with Crippen LogP contribution in [-0.2, 0) is 20.9 Å². The fourth-order valence-corrected chi connectivity index (χ4v) is 24.2. The van der Waals surface area contributed by atoms with E-state index in [0.29, 0.717) is 13.2 Å². The van der Waals surface area contributed by atoms with Crippen molar-refractivity contribution in [2.45, 2.75) is 79.1 Å². The van der Waals surface area contributed by atoms with Crippen molar-refractivity contribution in [2.75, 3.05) is 18.5 Å². The molecular weight excluding hydrogens is 552 g/mol. The molecule has 1 N–H and O–H groups in total. The first-order valence-electron chi connectivity index (χ1n) is 13.2. The zero-order valence-electron chi connectivity index (χ0n) is 21.9. The van der Waals surface area contributed by atoms with Gasteiger partial charge in [0.05, 0.1) is 0 Å². The Morgan fingerprint density at radius 3 is 1.66 bits per heavy atom. The van der Waals surface area contributed by atoms with Gasteiger partial charge in [-0.25, -0.2) is 0 Å². The molecule has 1 aliphatic heterocycles. The normalized spacial score (nSPS) is 13.7. The quantitative estimate of drug-likeness (QED) is 0.120. The number of unbranched alkanes of at least 4 members (excludes halogenated alkanes) is 4. The molecular formula is C28H43AsNO2PS2. The van der Waals surface area contributed by atoms with Gasteiger partial charge in [-0.1, -0.05) is 0 Å². The Morgan fingerprint density at radius 1 is 0.743 bits per heavy atom. The number of hydrogen-bond donors (Lipinski definition) is 1. The molecule has 3 nitrogen and oxygen atoms in total. The van der Waals surface area contributed by atoms with Crippen LogP contribution in [0.2, 0.25) is 0 Å². The molecule has 0 amide bonds. The zero-order chi connectivity index (χ0) is 25.1. The van der Waals surface area contributed by atoms with Gasteiger partial charge in [0.25, 0.3) is 0 Å². The predicted octanol–water partition coefficient (Wildman–Crippen LogP) is 8.27. The Morgan fingerprint density at radius 2 is 1.20 bits per heavy atom. The van der Waals surface area contributed by atoms with Gasteiger partial charge < -0.3 is 0 Å². The van der Waals surface area contributed by atoms with Gasteiger partial charge >= 0.3 is 228 Å². The summed E-state index contributed by atoms with van der Waals surface area (Å²) in [6.07, 6.45) is 9.61. The molecule has 0 saturated heterocycles. The van der Waals surface area contributed by atoms with Crippen LogP contribution in [0.4, 0.5) is 11.4 Å². The molecule has 0 fully saturated rings. The average molecular weight is 596 g/mol. The third-order valence-electron chi connectivity index (χ3n) is 6.05. The zero-order valence-corrected chi connectivity index (χ0v) is 26.3. The Balaban J connectivity index is 1.68. The number of fused-ring (bicyclic) bond motifs is 2. The minimum atomic E-state index is -2.45. The average Bonchev–Trinajstić information content (AvgIpc) is 2.83. The van der Waals surface area contributed by atoms with Crippen LogP contribution in [-0.4, -0.2) is 26.7 Å². The maximum absolute atomic E-state index is 6.50. The number of nitrogens with one attached hydrogen (secondary N) is 1. The number of rotatable bonds is 16. The second-order valence-electron chi connectivity index (χ2n) is 10.1. The summed E-state index contributed by atoms with van der Waals surface area (Å²) in [7, 11) is 1.88. The van der Waals surface area contributed by atoms with Crippen LogP contribution >= 0.6 is 15.3 Å². The minimum absolute atomic E-state index is 0.708. The summed E-state index contributed by atoms with van der Waals surface area (Å²) in [5, 5.41) is 3.63. The molecule has 7 heteroatoms. The number of benzene rings is 2. The molecule has 2 aromatic rings. The molecule has 3 rings (SSSR count). The second-order valence-corrected chi connectivity index (χ2v) is 24.0. The topological polar surface area (TPSA) is 30.5 Å². The molecule has 194 valence electrons. The first kappa shape index (κ1) is 29.3. The Bertz CT molecular complexity index is 887. The van der Waals surface area contributed by atoms with E-state index in [2.05, 4.69) is 81.5 Å². The predicted molar refractivity (Wildman–Crippen MR) is 162 cm³/mol. The maximum atomic E-state index is 6.50. The number of para-hydroxylation sites is 2. The van der Waals surface area contributed by atoms with E-state index in [1.165, 1.54) is 58.6 Å². The van der Waals surface area contributed by atoms with Crippen LogP contribution in [0.1, 0.15) is 79.1 Å². The number of hydrogen-bond acceptors (Lipinski definition) is 5. The molecule has 2 aromatic carbocycles. The summed E-state index contributed by atoms with van der Waals surface area (Å²) in [6, 6.07) is 17.4. The molecule has 1 aliphatic rings. The van der Waals surface area contributed by atoms with Gasteiger partial charge in [-0.3, -0.25) is 0 Å². The fraction of sp³-hybridized carbons (Fsp3) is 0.571. The van der Waals surface area contributed by atoms with Gasteiger partial charge in [0.2, 0.25) is 0 Å². The van der Waals surface area contributed by atoms with Crippen LogP contribution in [0.5, 0.6) is 0 Å². The van der Waals surface area contributed by atoms with Crippen molar-refractivity contribution in [1.82, 2.24) is 0 Å². The van der Waals surface area contributed by atoms with E-state index < -0.39 is 19.2 Å². The van der Waals surface area contributed by atoms with Crippen LogP contribution in [0.15, 0.2) is 48.5 Å². The van der Waals surface area contributed by atoms with E-state index in [1.54, 1.807) is 0 Å². The van der Waals surface area contributed by atoms with Crippen molar-refractivity contribution in [3.63, 3.8) is 0 Å². The van der Waals surface area contributed by atoms with Crippen molar-refractivity contribution < 1.29 is 9.05 Å². The first-order chi connectivity index (χ1) is 16.9. The van der Waals surface area contributed by atoms with E-state index >= 15 is 0 Å². The van der Waals surface area contributed by atoms with Crippen molar-refractivity contribution in [3.8, 4) is 0 Å². The van der Waals surface area contributed by atoms with Crippen LogP contribution in [0.3, 0.4) is 0 Å². The van der Waals surface area contributed by atoms with E-state index in [9.17, 15) is 0 Å². The third-order valence-corrected chi connectivity index (χ3v) is 25.3. The molecule has 35 heavy (non-hydrogen) atoms. The van der Waals surface area contributed by atoms with Gasteiger partial charge in [-0.05, 0) is 0 Å². The molecule has 0 atom stereocenters. The van der Waals surface area contributed by atoms with Crippen LogP contribution < -0.4 is 14.0 Å². The molecule has 0 saturated carbocycles. The summed E-state index contributed by atoms with van der Waals surface area (Å²) in [4.78, 5) is 0. The van der Waals surface area contributed by atoms with Crippen molar-refractivity contribution in [1.29, 1.82) is 0 Å². The van der Waals surface area contributed by atoms with E-state index in [1.807, 2.05) is 9.64 Å². The Hall–Kier alpha value is -0.282. The molecule has 0 aromatic heterocycles. The monoisotopic (exact) mass is 595 g/mol.